The molecule has 0 spiro atoms. The Morgan fingerprint density at radius 2 is 2.30 bits per heavy atom. The lowest BCUT2D eigenvalue weighted by molar-refractivity contribution is -0.107. The van der Waals surface area contributed by atoms with E-state index in [0.717, 1.165) is 12.6 Å². The van der Waals surface area contributed by atoms with Gasteiger partial charge >= 0.3 is 0 Å². The molecular formula is C7H6O2S. The van der Waals surface area contributed by atoms with Gasteiger partial charge in [-0.25, -0.2) is 0 Å². The Bertz CT molecular complexity index is 206. The maximum absolute atomic E-state index is 10.2. The van der Waals surface area contributed by atoms with Crippen molar-refractivity contribution in [3.63, 3.8) is 0 Å². The molecule has 0 bridgehead atoms. The van der Waals surface area contributed by atoms with E-state index in [1.165, 1.54) is 11.8 Å². The van der Waals surface area contributed by atoms with Gasteiger partial charge in [-0.15, -0.1) is 11.8 Å². The SMILES string of the molecule is O=CC1=CSC(C=O)C=C1. The molecule has 0 aromatic carbocycles. The first-order chi connectivity index (χ1) is 4.86. The molecule has 0 N–H and O–H groups in total. The minimum Gasteiger partial charge on any atom is -0.302 e. The predicted molar refractivity (Wildman–Crippen MR) is 40.7 cm³/mol. The second kappa shape index (κ2) is 3.37. The van der Waals surface area contributed by atoms with E-state index in [1.807, 2.05) is 0 Å². The highest BCUT2D eigenvalue weighted by molar-refractivity contribution is 8.03. The zero-order valence-electron chi connectivity index (χ0n) is 5.19. The van der Waals surface area contributed by atoms with Gasteiger partial charge < -0.3 is 4.79 Å². The molecule has 0 aromatic heterocycles. The van der Waals surface area contributed by atoms with E-state index in [9.17, 15) is 9.59 Å². The standard InChI is InChI=1S/C7H6O2S/c8-3-6-1-2-7(4-9)10-5-6/h1-5,7H. The first-order valence-electron chi connectivity index (χ1n) is 2.81. The van der Waals surface area contributed by atoms with E-state index >= 15 is 0 Å². The van der Waals surface area contributed by atoms with Gasteiger partial charge in [0, 0.05) is 5.57 Å². The van der Waals surface area contributed by atoms with Crippen LogP contribution in [0.5, 0.6) is 0 Å². The summed E-state index contributed by atoms with van der Waals surface area (Å²) in [7, 11) is 0. The van der Waals surface area contributed by atoms with Gasteiger partial charge in [-0.2, -0.15) is 0 Å². The Morgan fingerprint density at radius 3 is 2.70 bits per heavy atom. The molecule has 1 unspecified atom stereocenters. The van der Waals surface area contributed by atoms with Crippen LogP contribution in [0, 0.1) is 0 Å². The molecule has 1 atom stereocenters. The van der Waals surface area contributed by atoms with E-state index in [0.29, 0.717) is 5.57 Å². The average molecular weight is 154 g/mol. The molecule has 52 valence electrons. The monoisotopic (exact) mass is 154 g/mol. The van der Waals surface area contributed by atoms with Crippen molar-refractivity contribution >= 4 is 24.3 Å². The fraction of sp³-hybridized carbons (Fsp3) is 0.143. The Morgan fingerprint density at radius 1 is 1.50 bits per heavy atom. The number of carbonyl (C=O) groups excluding carboxylic acids is 2. The van der Waals surface area contributed by atoms with Crippen LogP contribution < -0.4 is 0 Å². The van der Waals surface area contributed by atoms with Crippen molar-refractivity contribution in [2.75, 3.05) is 0 Å². The van der Waals surface area contributed by atoms with Crippen molar-refractivity contribution in [2.24, 2.45) is 0 Å². The van der Waals surface area contributed by atoms with Gasteiger partial charge in [0.25, 0.3) is 0 Å². The first kappa shape index (κ1) is 7.28. The predicted octanol–water partition coefficient (Wildman–Crippen LogP) is 0.940. The van der Waals surface area contributed by atoms with Crippen LogP contribution in [0.15, 0.2) is 23.1 Å². The fourth-order valence-electron chi connectivity index (χ4n) is 0.592. The zero-order chi connectivity index (χ0) is 7.40. The maximum Gasteiger partial charge on any atom is 0.150 e. The largest absolute Gasteiger partial charge is 0.302 e. The summed E-state index contributed by atoms with van der Waals surface area (Å²) in [4.78, 5) is 20.3. The number of hydrogen-bond donors (Lipinski definition) is 0. The highest BCUT2D eigenvalue weighted by atomic mass is 32.2. The van der Waals surface area contributed by atoms with Gasteiger partial charge in [0.2, 0.25) is 0 Å². The van der Waals surface area contributed by atoms with E-state index in [4.69, 9.17) is 0 Å². The van der Waals surface area contributed by atoms with Crippen LogP contribution in [0.25, 0.3) is 0 Å². The van der Waals surface area contributed by atoms with Crippen molar-refractivity contribution in [3.8, 4) is 0 Å². The Hall–Kier alpha value is -0.830. The fourth-order valence-corrected chi connectivity index (χ4v) is 1.27. The van der Waals surface area contributed by atoms with Crippen LogP contribution in [0.1, 0.15) is 0 Å². The highest BCUT2D eigenvalue weighted by Gasteiger charge is 2.05. The third-order valence-corrected chi connectivity index (χ3v) is 2.10. The first-order valence-corrected chi connectivity index (χ1v) is 3.75. The number of hydrogen-bond acceptors (Lipinski definition) is 3. The second-order valence-electron chi connectivity index (χ2n) is 1.83. The third kappa shape index (κ3) is 1.57. The lowest BCUT2D eigenvalue weighted by Gasteiger charge is -2.04. The van der Waals surface area contributed by atoms with Gasteiger partial charge in [-0.3, -0.25) is 4.79 Å². The van der Waals surface area contributed by atoms with Gasteiger partial charge in [0.05, 0.1) is 5.25 Å². The molecule has 1 aliphatic rings. The van der Waals surface area contributed by atoms with Gasteiger partial charge in [0.1, 0.15) is 6.29 Å². The lowest BCUT2D eigenvalue weighted by atomic mass is 10.3. The Labute approximate surface area is 63.0 Å². The molecule has 2 nitrogen and oxygen atoms in total. The minimum atomic E-state index is -0.108. The van der Waals surface area contributed by atoms with Crippen LogP contribution in [-0.2, 0) is 9.59 Å². The summed E-state index contributed by atoms with van der Waals surface area (Å²) in [5, 5.41) is 1.58. The average Bonchev–Trinajstić information content (AvgIpc) is 2.05. The minimum absolute atomic E-state index is 0.108. The second-order valence-corrected chi connectivity index (χ2v) is 2.88. The van der Waals surface area contributed by atoms with Crippen molar-refractivity contribution in [1.29, 1.82) is 0 Å². The van der Waals surface area contributed by atoms with Crippen molar-refractivity contribution in [2.45, 2.75) is 5.25 Å². The molecule has 1 aliphatic heterocycles. The molecule has 0 radical (unpaired) electrons. The van der Waals surface area contributed by atoms with Crippen LogP contribution in [0.3, 0.4) is 0 Å². The van der Waals surface area contributed by atoms with Crippen LogP contribution in [-0.4, -0.2) is 17.8 Å². The Balaban J connectivity index is 2.62. The summed E-state index contributed by atoms with van der Waals surface area (Å²) < 4.78 is 0. The number of allylic oxidation sites excluding steroid dienone is 2. The molecule has 0 saturated carbocycles. The molecule has 10 heavy (non-hydrogen) atoms. The van der Waals surface area contributed by atoms with Crippen molar-refractivity contribution in [1.82, 2.24) is 0 Å². The number of thioether (sulfide) groups is 1. The summed E-state index contributed by atoms with van der Waals surface area (Å²) in [5.41, 5.74) is 0.628. The third-order valence-electron chi connectivity index (χ3n) is 1.11. The number of carbonyl (C=O) groups is 2. The summed E-state index contributed by atoms with van der Waals surface area (Å²) in [6, 6.07) is 0. The van der Waals surface area contributed by atoms with Gasteiger partial charge in [-0.1, -0.05) is 12.2 Å². The van der Waals surface area contributed by atoms with Crippen molar-refractivity contribution < 1.29 is 9.59 Å². The number of aldehydes is 2. The molecule has 0 aliphatic carbocycles. The maximum atomic E-state index is 10.2. The summed E-state index contributed by atoms with van der Waals surface area (Å²) in [5.74, 6) is 0. The molecular weight excluding hydrogens is 148 g/mol. The van der Waals surface area contributed by atoms with E-state index in [1.54, 1.807) is 17.6 Å². The smallest absolute Gasteiger partial charge is 0.150 e. The molecule has 1 rings (SSSR count). The Kier molecular flexibility index (Phi) is 2.45. The summed E-state index contributed by atoms with van der Waals surface area (Å²) in [6.07, 6.45) is 4.98. The zero-order valence-corrected chi connectivity index (χ0v) is 6.01. The van der Waals surface area contributed by atoms with Crippen molar-refractivity contribution in [3.05, 3.63) is 23.1 Å². The molecule has 1 heterocycles. The summed E-state index contributed by atoms with van der Waals surface area (Å²) >= 11 is 1.35. The summed E-state index contributed by atoms with van der Waals surface area (Å²) in [6.45, 7) is 0. The topological polar surface area (TPSA) is 34.1 Å². The van der Waals surface area contributed by atoms with Crippen LogP contribution >= 0.6 is 11.8 Å². The van der Waals surface area contributed by atoms with Gasteiger partial charge in [0.15, 0.2) is 6.29 Å². The molecule has 0 fully saturated rings. The molecule has 0 aromatic rings. The number of rotatable bonds is 2. The lowest BCUT2D eigenvalue weighted by Crippen LogP contribution is -2.01. The highest BCUT2D eigenvalue weighted by Crippen LogP contribution is 2.19. The van der Waals surface area contributed by atoms with Crippen LogP contribution in [0.2, 0.25) is 0 Å². The van der Waals surface area contributed by atoms with E-state index in [-0.39, 0.29) is 5.25 Å². The quantitative estimate of drug-likeness (QED) is 0.555. The molecule has 0 saturated heterocycles. The van der Waals surface area contributed by atoms with E-state index < -0.39 is 0 Å². The van der Waals surface area contributed by atoms with Crippen LogP contribution in [0.4, 0.5) is 0 Å². The van der Waals surface area contributed by atoms with E-state index in [2.05, 4.69) is 0 Å². The normalized spacial score (nSPS) is 23.6. The molecule has 3 heteroatoms. The molecule has 0 amide bonds. The van der Waals surface area contributed by atoms with Gasteiger partial charge in [-0.05, 0) is 5.41 Å².